The van der Waals surface area contributed by atoms with E-state index in [1.54, 1.807) is 37.7 Å². The first kappa shape index (κ1) is 29.5. The van der Waals surface area contributed by atoms with Gasteiger partial charge in [-0.25, -0.2) is 14.8 Å². The molecule has 0 saturated carbocycles. The molecule has 10 heteroatoms. The molecule has 2 fully saturated rings. The molecule has 2 aliphatic heterocycles. The molecule has 0 radical (unpaired) electrons. The van der Waals surface area contributed by atoms with Crippen molar-refractivity contribution in [1.29, 1.82) is 5.26 Å². The van der Waals surface area contributed by atoms with Crippen LogP contribution in [0.3, 0.4) is 0 Å². The average Bonchev–Trinajstić information content (AvgIpc) is 3.03. The lowest BCUT2D eigenvalue weighted by atomic mass is 9.90. The van der Waals surface area contributed by atoms with Crippen molar-refractivity contribution in [3.8, 4) is 11.8 Å². The number of aromatic nitrogens is 2. The molecule has 10 nitrogen and oxygen atoms in total. The third-order valence-corrected chi connectivity index (χ3v) is 8.65. The number of nitrogens with zero attached hydrogens (tertiary/aromatic N) is 7. The summed E-state index contributed by atoms with van der Waals surface area (Å²) in [7, 11) is 3.95. The third-order valence-electron chi connectivity index (χ3n) is 8.65. The van der Waals surface area contributed by atoms with E-state index in [-0.39, 0.29) is 6.03 Å². The highest BCUT2D eigenvalue weighted by Gasteiger charge is 2.25. The number of fused-ring (bicyclic) bond motifs is 1. The van der Waals surface area contributed by atoms with Crippen LogP contribution in [0.15, 0.2) is 42.7 Å². The summed E-state index contributed by atoms with van der Waals surface area (Å²) >= 11 is 0. The number of hydrogen-bond donors (Lipinski definition) is 1. The number of nitrogens with one attached hydrogen (secondary N) is 1. The second-order valence-corrected chi connectivity index (χ2v) is 11.3. The van der Waals surface area contributed by atoms with Gasteiger partial charge in [-0.1, -0.05) is 6.92 Å². The van der Waals surface area contributed by atoms with Crippen molar-refractivity contribution < 1.29 is 9.53 Å². The molecule has 0 aliphatic carbocycles. The number of methoxy groups -OCH3 is 1. The SMILES string of the molecule is CC[C@@H](CCCN1CCN(C)CC1)c1cc2ncnc(N3CCN(C(=O)Nc4ccc(C#N)cc4)CC3)c2cc1OC. The van der Waals surface area contributed by atoms with Crippen LogP contribution in [0.2, 0.25) is 0 Å². The molecule has 1 N–H and O–H groups in total. The third kappa shape index (κ3) is 6.92. The van der Waals surface area contributed by atoms with Crippen LogP contribution in [-0.4, -0.2) is 104 Å². The van der Waals surface area contributed by atoms with Crippen LogP contribution < -0.4 is 15.0 Å². The minimum absolute atomic E-state index is 0.142. The predicted octanol–water partition coefficient (Wildman–Crippen LogP) is 4.39. The van der Waals surface area contributed by atoms with Crippen LogP contribution in [0.25, 0.3) is 10.9 Å². The summed E-state index contributed by atoms with van der Waals surface area (Å²) in [6.07, 6.45) is 4.98. The Balaban J connectivity index is 1.24. The highest BCUT2D eigenvalue weighted by molar-refractivity contribution is 5.92. The molecule has 2 saturated heterocycles. The number of hydrogen-bond acceptors (Lipinski definition) is 8. The lowest BCUT2D eigenvalue weighted by Gasteiger charge is -2.35. The topological polar surface area (TPSA) is 101 Å². The monoisotopic (exact) mass is 570 g/mol. The Hall–Kier alpha value is -3.94. The summed E-state index contributed by atoms with van der Waals surface area (Å²) in [4.78, 5) is 31.2. The number of urea groups is 1. The van der Waals surface area contributed by atoms with Gasteiger partial charge in [0.05, 0.1) is 24.3 Å². The second-order valence-electron chi connectivity index (χ2n) is 11.3. The lowest BCUT2D eigenvalue weighted by Crippen LogP contribution is -2.50. The number of anilines is 2. The van der Waals surface area contributed by atoms with E-state index in [1.165, 1.54) is 12.0 Å². The zero-order chi connectivity index (χ0) is 29.5. The van der Waals surface area contributed by atoms with E-state index in [2.05, 4.69) is 62.2 Å². The Morgan fingerprint density at radius 3 is 2.45 bits per heavy atom. The predicted molar refractivity (Wildman–Crippen MR) is 166 cm³/mol. The van der Waals surface area contributed by atoms with Crippen molar-refractivity contribution in [2.24, 2.45) is 0 Å². The van der Waals surface area contributed by atoms with Crippen LogP contribution in [0.4, 0.5) is 16.3 Å². The molecule has 0 unspecified atom stereocenters. The minimum atomic E-state index is -0.142. The number of ether oxygens (including phenoxy) is 1. The maximum atomic E-state index is 12.9. The van der Waals surface area contributed by atoms with Crippen molar-refractivity contribution in [2.75, 3.05) is 83.3 Å². The quantitative estimate of drug-likeness (QED) is 0.405. The molecular formula is C32H42N8O2. The van der Waals surface area contributed by atoms with Crippen molar-refractivity contribution >= 4 is 28.4 Å². The van der Waals surface area contributed by atoms with Gasteiger partial charge in [-0.05, 0) is 80.7 Å². The van der Waals surface area contributed by atoms with Gasteiger partial charge in [-0.3, -0.25) is 0 Å². The smallest absolute Gasteiger partial charge is 0.321 e. The van der Waals surface area contributed by atoms with Crippen LogP contribution in [-0.2, 0) is 0 Å². The van der Waals surface area contributed by atoms with Crippen LogP contribution in [0.1, 0.15) is 43.2 Å². The first-order valence-electron chi connectivity index (χ1n) is 15.0. The molecule has 2 amide bonds. The van der Waals surface area contributed by atoms with E-state index in [9.17, 15) is 4.79 Å². The maximum absolute atomic E-state index is 12.9. The molecular weight excluding hydrogens is 528 g/mol. The molecule has 1 atom stereocenters. The van der Waals surface area contributed by atoms with Gasteiger partial charge in [0.15, 0.2) is 0 Å². The van der Waals surface area contributed by atoms with Gasteiger partial charge in [-0.2, -0.15) is 5.26 Å². The fourth-order valence-corrected chi connectivity index (χ4v) is 6.00. The standard InChI is InChI=1S/C32H42N8O2/c1-4-25(6-5-11-38-14-12-37(2)13-15-38)27-20-29-28(21-30(27)42-3)31(35-23-34-29)39-16-18-40(19-17-39)32(41)36-26-9-7-24(22-33)8-10-26/h7-10,20-21,23,25H,4-6,11-19H2,1-3H3,(H,36,41)/t25-/m0/s1. The molecule has 0 spiro atoms. The number of benzene rings is 2. The zero-order valence-corrected chi connectivity index (χ0v) is 25.1. The van der Waals surface area contributed by atoms with Crippen molar-refractivity contribution in [3.05, 3.63) is 53.9 Å². The van der Waals surface area contributed by atoms with E-state index in [0.29, 0.717) is 43.3 Å². The van der Waals surface area contributed by atoms with Crippen LogP contribution in [0, 0.1) is 11.3 Å². The Morgan fingerprint density at radius 2 is 1.79 bits per heavy atom. The number of rotatable bonds is 9. The normalized spacial score (nSPS) is 17.2. The van der Waals surface area contributed by atoms with Gasteiger partial charge in [0.1, 0.15) is 17.9 Å². The van der Waals surface area contributed by atoms with Crippen molar-refractivity contribution in [3.63, 3.8) is 0 Å². The summed E-state index contributed by atoms with van der Waals surface area (Å²) in [6.45, 7) is 10.5. The molecule has 42 heavy (non-hydrogen) atoms. The highest BCUT2D eigenvalue weighted by atomic mass is 16.5. The number of carbonyl (C=O) groups is 1. The average molecular weight is 571 g/mol. The molecule has 3 aromatic rings. The second kappa shape index (κ2) is 13.8. The van der Waals surface area contributed by atoms with E-state index in [1.807, 2.05) is 4.90 Å². The number of amides is 2. The Morgan fingerprint density at radius 1 is 1.05 bits per heavy atom. The summed E-state index contributed by atoms with van der Waals surface area (Å²) in [5.74, 6) is 2.18. The van der Waals surface area contributed by atoms with E-state index in [0.717, 1.165) is 68.0 Å². The highest BCUT2D eigenvalue weighted by Crippen LogP contribution is 2.37. The summed E-state index contributed by atoms with van der Waals surface area (Å²) in [6, 6.07) is 13.1. The van der Waals surface area contributed by atoms with Crippen LogP contribution >= 0.6 is 0 Å². The molecule has 2 aliphatic rings. The zero-order valence-electron chi connectivity index (χ0n) is 25.1. The van der Waals surface area contributed by atoms with Crippen LogP contribution in [0.5, 0.6) is 5.75 Å². The molecule has 3 heterocycles. The van der Waals surface area contributed by atoms with Crippen molar-refractivity contribution in [2.45, 2.75) is 32.1 Å². The lowest BCUT2D eigenvalue weighted by molar-refractivity contribution is 0.151. The number of likely N-dealkylation sites (N-methyl/N-ethyl adjacent to an activating group) is 1. The molecule has 222 valence electrons. The molecule has 5 rings (SSSR count). The Bertz CT molecular complexity index is 1390. The molecule has 1 aromatic heterocycles. The van der Waals surface area contributed by atoms with Gasteiger partial charge in [0.25, 0.3) is 0 Å². The van der Waals surface area contributed by atoms with Gasteiger partial charge >= 0.3 is 6.03 Å². The fraction of sp³-hybridized carbons (Fsp3) is 0.500. The summed E-state index contributed by atoms with van der Waals surface area (Å²) in [5.41, 5.74) is 3.39. The fourth-order valence-electron chi connectivity index (χ4n) is 6.00. The summed E-state index contributed by atoms with van der Waals surface area (Å²) < 4.78 is 5.94. The number of nitriles is 1. The Labute approximate surface area is 248 Å². The van der Waals surface area contributed by atoms with Gasteiger partial charge in [-0.15, -0.1) is 0 Å². The van der Waals surface area contributed by atoms with Gasteiger partial charge in [0, 0.05) is 63.4 Å². The summed E-state index contributed by atoms with van der Waals surface area (Å²) in [5, 5.41) is 12.9. The van der Waals surface area contributed by atoms with E-state index in [4.69, 9.17) is 10.00 Å². The van der Waals surface area contributed by atoms with Gasteiger partial charge in [0.2, 0.25) is 0 Å². The van der Waals surface area contributed by atoms with E-state index < -0.39 is 0 Å². The molecule has 2 aromatic carbocycles. The molecule has 0 bridgehead atoms. The Kier molecular flexibility index (Phi) is 9.72. The minimum Gasteiger partial charge on any atom is -0.496 e. The van der Waals surface area contributed by atoms with E-state index >= 15 is 0 Å². The number of piperazine rings is 2. The van der Waals surface area contributed by atoms with Gasteiger partial charge < -0.3 is 29.7 Å². The first-order valence-corrected chi connectivity index (χ1v) is 15.0. The number of carbonyl (C=O) groups excluding carboxylic acids is 1. The first-order chi connectivity index (χ1) is 20.5. The maximum Gasteiger partial charge on any atom is 0.321 e. The van der Waals surface area contributed by atoms with Crippen molar-refractivity contribution in [1.82, 2.24) is 24.7 Å². The largest absolute Gasteiger partial charge is 0.496 e.